The van der Waals surface area contributed by atoms with E-state index in [1.807, 2.05) is 0 Å². The number of hydrogen-bond donors (Lipinski definition) is 3. The molecule has 21 heavy (non-hydrogen) atoms. The third-order valence-corrected chi connectivity index (χ3v) is 2.46. The minimum Gasteiger partial charge on any atom is -0.418 e. The maximum Gasteiger partial charge on any atom is 0.416 e. The third kappa shape index (κ3) is 5.24. The normalized spacial score (nSPS) is 13.7. The molecule has 0 bridgehead atoms. The topological polar surface area (TPSA) is 78.8 Å². The van der Waals surface area contributed by atoms with Crippen LogP contribution in [0.4, 0.5) is 18.0 Å². The molecule has 0 aliphatic carbocycles. The highest BCUT2D eigenvalue weighted by atomic mass is 19.4. The van der Waals surface area contributed by atoms with Crippen molar-refractivity contribution < 1.29 is 32.9 Å². The molecule has 1 amide bonds. The molecule has 1 unspecified atom stereocenters. The Morgan fingerprint density at radius 2 is 1.90 bits per heavy atom. The van der Waals surface area contributed by atoms with Gasteiger partial charge in [0.25, 0.3) is 0 Å². The fourth-order valence-corrected chi connectivity index (χ4v) is 1.68. The summed E-state index contributed by atoms with van der Waals surface area (Å²) in [6.07, 6.45) is -5.76. The van der Waals surface area contributed by atoms with E-state index in [0.717, 1.165) is 12.1 Å². The first-order valence-corrected chi connectivity index (χ1v) is 6.03. The quantitative estimate of drug-likeness (QED) is 0.745. The van der Waals surface area contributed by atoms with Crippen LogP contribution in [0.3, 0.4) is 0 Å². The van der Waals surface area contributed by atoms with E-state index in [2.05, 4.69) is 10.1 Å². The van der Waals surface area contributed by atoms with Crippen molar-refractivity contribution in [2.45, 2.75) is 31.9 Å². The number of hydrogen-bond acceptors (Lipinski definition) is 4. The molecule has 1 rings (SSSR count). The van der Waals surface area contributed by atoms with Gasteiger partial charge in [0.1, 0.15) is 0 Å². The lowest BCUT2D eigenvalue weighted by molar-refractivity contribution is -0.139. The molecular formula is C13H16F3NO4. The summed E-state index contributed by atoms with van der Waals surface area (Å²) in [5, 5.41) is 20.6. The summed E-state index contributed by atoms with van der Waals surface area (Å²) < 4.78 is 43.2. The average molecular weight is 307 g/mol. The van der Waals surface area contributed by atoms with Gasteiger partial charge >= 0.3 is 12.3 Å². The third-order valence-electron chi connectivity index (χ3n) is 2.46. The van der Waals surface area contributed by atoms with Crippen molar-refractivity contribution in [3.8, 4) is 0 Å². The van der Waals surface area contributed by atoms with Crippen LogP contribution < -0.4 is 5.32 Å². The highest BCUT2D eigenvalue weighted by Gasteiger charge is 2.35. The fraction of sp³-hybridized carbons (Fsp3) is 0.462. The van der Waals surface area contributed by atoms with Crippen LogP contribution in [0.5, 0.6) is 0 Å². The van der Waals surface area contributed by atoms with Gasteiger partial charge < -0.3 is 20.3 Å². The van der Waals surface area contributed by atoms with Gasteiger partial charge in [-0.2, -0.15) is 13.2 Å². The number of nitrogens with one attached hydrogen (secondary N) is 1. The highest BCUT2D eigenvalue weighted by Crippen LogP contribution is 2.34. The largest absolute Gasteiger partial charge is 0.418 e. The minimum absolute atomic E-state index is 0.291. The van der Waals surface area contributed by atoms with Crippen LogP contribution >= 0.6 is 0 Å². The van der Waals surface area contributed by atoms with E-state index in [9.17, 15) is 28.2 Å². The Labute approximate surface area is 119 Å². The molecule has 0 saturated heterocycles. The molecule has 118 valence electrons. The van der Waals surface area contributed by atoms with Crippen molar-refractivity contribution in [1.82, 2.24) is 5.32 Å². The number of ether oxygens (including phenoxy) is 1. The molecule has 3 N–H and O–H groups in total. The van der Waals surface area contributed by atoms with Crippen molar-refractivity contribution in [3.63, 3.8) is 0 Å². The molecule has 0 saturated carbocycles. The smallest absolute Gasteiger partial charge is 0.416 e. The van der Waals surface area contributed by atoms with E-state index in [-0.39, 0.29) is 5.56 Å². The average Bonchev–Trinajstić information content (AvgIpc) is 2.32. The van der Waals surface area contributed by atoms with Crippen LogP contribution in [0.1, 0.15) is 31.0 Å². The molecule has 1 aromatic rings. The maximum atomic E-state index is 12.9. The standard InChI is InChI=1S/C13H16F3NO4/c1-12(2,20)21-11(19)17-10(7-18)8-5-3-4-6-9(8)13(14,15)16/h3-6,10,18,20H,7H2,1-2H3,(H,17,19). The number of amides is 1. The first-order chi connectivity index (χ1) is 9.54. The number of carbonyl (C=O) groups is 1. The zero-order chi connectivity index (χ0) is 16.3. The fourth-order valence-electron chi connectivity index (χ4n) is 1.68. The Balaban J connectivity index is 2.99. The Morgan fingerprint density at radius 3 is 2.38 bits per heavy atom. The van der Waals surface area contributed by atoms with Crippen LogP contribution in [0.15, 0.2) is 24.3 Å². The Bertz CT molecular complexity index is 497. The van der Waals surface area contributed by atoms with Crippen LogP contribution in [0.2, 0.25) is 0 Å². The highest BCUT2D eigenvalue weighted by molar-refractivity contribution is 5.68. The van der Waals surface area contributed by atoms with Gasteiger partial charge in [-0.1, -0.05) is 18.2 Å². The zero-order valence-electron chi connectivity index (χ0n) is 11.4. The second kappa shape index (κ2) is 6.31. The molecule has 0 heterocycles. The number of aliphatic hydroxyl groups is 2. The second-order valence-electron chi connectivity index (χ2n) is 4.80. The first-order valence-electron chi connectivity index (χ1n) is 6.03. The number of halogens is 3. The van der Waals surface area contributed by atoms with E-state index >= 15 is 0 Å². The number of alkyl carbamates (subject to hydrolysis) is 1. The summed E-state index contributed by atoms with van der Waals surface area (Å²) in [5.41, 5.74) is -1.26. The van der Waals surface area contributed by atoms with E-state index in [1.54, 1.807) is 0 Å². The van der Waals surface area contributed by atoms with Crippen LogP contribution in [-0.4, -0.2) is 28.7 Å². The molecule has 0 spiro atoms. The number of rotatable bonds is 4. The van der Waals surface area contributed by atoms with Crippen molar-refractivity contribution >= 4 is 6.09 Å². The molecule has 1 atom stereocenters. The lowest BCUT2D eigenvalue weighted by Crippen LogP contribution is -2.38. The molecule has 5 nitrogen and oxygen atoms in total. The monoisotopic (exact) mass is 307 g/mol. The van der Waals surface area contributed by atoms with Crippen molar-refractivity contribution in [3.05, 3.63) is 35.4 Å². The lowest BCUT2D eigenvalue weighted by Gasteiger charge is -2.23. The van der Waals surface area contributed by atoms with E-state index in [1.165, 1.54) is 26.0 Å². The minimum atomic E-state index is -4.62. The molecule has 1 aromatic carbocycles. The molecule has 0 aromatic heterocycles. The number of aliphatic hydroxyl groups excluding tert-OH is 1. The predicted molar refractivity (Wildman–Crippen MR) is 67.2 cm³/mol. The second-order valence-corrected chi connectivity index (χ2v) is 4.80. The first kappa shape index (κ1) is 17.3. The Morgan fingerprint density at radius 1 is 1.33 bits per heavy atom. The molecular weight excluding hydrogens is 291 g/mol. The van der Waals surface area contributed by atoms with Gasteiger partial charge in [0.15, 0.2) is 0 Å². The van der Waals surface area contributed by atoms with Crippen molar-refractivity contribution in [1.29, 1.82) is 0 Å². The number of alkyl halides is 3. The molecule has 0 radical (unpaired) electrons. The van der Waals surface area contributed by atoms with Crippen LogP contribution in [0, 0.1) is 0 Å². The van der Waals surface area contributed by atoms with Gasteiger partial charge in [0.05, 0.1) is 18.2 Å². The van der Waals surface area contributed by atoms with Gasteiger partial charge in [-0.25, -0.2) is 4.79 Å². The van der Waals surface area contributed by atoms with Crippen LogP contribution in [0.25, 0.3) is 0 Å². The molecule has 8 heteroatoms. The SMILES string of the molecule is CC(C)(O)OC(=O)NC(CO)c1ccccc1C(F)(F)F. The number of carbonyl (C=O) groups excluding carboxylic acids is 1. The molecule has 0 aliphatic heterocycles. The number of benzene rings is 1. The lowest BCUT2D eigenvalue weighted by atomic mass is 10.0. The van der Waals surface area contributed by atoms with Gasteiger partial charge in [0.2, 0.25) is 5.79 Å². The summed E-state index contributed by atoms with van der Waals surface area (Å²) in [4.78, 5) is 11.5. The van der Waals surface area contributed by atoms with Crippen molar-refractivity contribution in [2.24, 2.45) is 0 Å². The maximum absolute atomic E-state index is 12.9. The van der Waals surface area contributed by atoms with Gasteiger partial charge in [-0.15, -0.1) is 0 Å². The van der Waals surface area contributed by atoms with Gasteiger partial charge in [0, 0.05) is 13.8 Å². The zero-order valence-corrected chi connectivity index (χ0v) is 11.4. The molecule has 0 aliphatic rings. The van der Waals surface area contributed by atoms with E-state index < -0.39 is 36.3 Å². The summed E-state index contributed by atoms with van der Waals surface area (Å²) in [7, 11) is 0. The summed E-state index contributed by atoms with van der Waals surface area (Å²) >= 11 is 0. The van der Waals surface area contributed by atoms with Crippen LogP contribution in [-0.2, 0) is 10.9 Å². The van der Waals surface area contributed by atoms with E-state index in [4.69, 9.17) is 0 Å². The van der Waals surface area contributed by atoms with E-state index in [0.29, 0.717) is 0 Å². The predicted octanol–water partition coefficient (Wildman–Crippen LogP) is 2.19. The Kier molecular flexibility index (Phi) is 5.19. The Hall–Kier alpha value is -1.80. The van der Waals surface area contributed by atoms with Crippen molar-refractivity contribution in [2.75, 3.05) is 6.61 Å². The van der Waals surface area contributed by atoms with Gasteiger partial charge in [-0.05, 0) is 11.6 Å². The summed E-state index contributed by atoms with van der Waals surface area (Å²) in [6.45, 7) is 1.61. The summed E-state index contributed by atoms with van der Waals surface area (Å²) in [5.74, 6) is -1.78. The van der Waals surface area contributed by atoms with Gasteiger partial charge in [-0.3, -0.25) is 0 Å². The summed E-state index contributed by atoms with van der Waals surface area (Å²) in [6, 6.07) is 3.25. The molecule has 0 fully saturated rings.